The number of benzene rings is 2. The van der Waals surface area contributed by atoms with Gasteiger partial charge in [0.15, 0.2) is 16.6 Å². The number of nitrogens with zero attached hydrogens (tertiary/aromatic N) is 5. The number of methoxy groups -OCH3 is 1. The van der Waals surface area contributed by atoms with Crippen molar-refractivity contribution >= 4 is 40.1 Å². The Morgan fingerprint density at radius 3 is 2.53 bits per heavy atom. The molecule has 2 N–H and O–H groups in total. The summed E-state index contributed by atoms with van der Waals surface area (Å²) < 4.78 is 6.95. The van der Waals surface area contributed by atoms with Crippen LogP contribution in [0.2, 0.25) is 0 Å². The van der Waals surface area contributed by atoms with Crippen LogP contribution in [-0.2, 0) is 9.59 Å². The fraction of sp³-hybridized carbons (Fsp3) is 0.292. The Morgan fingerprint density at radius 1 is 1.09 bits per heavy atom. The molecule has 4 aromatic rings. The summed E-state index contributed by atoms with van der Waals surface area (Å²) in [5, 5.41) is 6.20. The summed E-state index contributed by atoms with van der Waals surface area (Å²) >= 11 is 1.33. The second-order valence-electron chi connectivity index (χ2n) is 8.16. The molecule has 1 fully saturated rings. The van der Waals surface area contributed by atoms with E-state index >= 15 is 0 Å². The van der Waals surface area contributed by atoms with Gasteiger partial charge in [0.25, 0.3) is 0 Å². The zero-order valence-corrected chi connectivity index (χ0v) is 19.5. The van der Waals surface area contributed by atoms with Crippen molar-refractivity contribution in [2.24, 2.45) is 11.7 Å². The minimum atomic E-state index is -0.289. The number of primary amides is 1. The van der Waals surface area contributed by atoms with Gasteiger partial charge in [-0.2, -0.15) is 4.52 Å². The number of aromatic nitrogens is 4. The molecule has 10 heteroatoms. The third kappa shape index (κ3) is 4.28. The molecule has 174 valence electrons. The van der Waals surface area contributed by atoms with Crippen molar-refractivity contribution in [2.75, 3.05) is 26.0 Å². The number of rotatable bonds is 6. The van der Waals surface area contributed by atoms with Crippen LogP contribution in [0.15, 0.2) is 53.7 Å². The number of fused-ring (bicyclic) bond motifs is 3. The topological polar surface area (TPSA) is 116 Å². The zero-order chi connectivity index (χ0) is 23.7. The average molecular weight is 477 g/mol. The molecule has 0 bridgehead atoms. The number of para-hydroxylation sites is 1. The summed E-state index contributed by atoms with van der Waals surface area (Å²) in [6.07, 6.45) is 1.22. The van der Waals surface area contributed by atoms with E-state index in [0.717, 1.165) is 22.2 Å². The fourth-order valence-corrected chi connectivity index (χ4v) is 4.96. The van der Waals surface area contributed by atoms with Gasteiger partial charge < -0.3 is 15.4 Å². The largest absolute Gasteiger partial charge is 0.497 e. The lowest BCUT2D eigenvalue weighted by Gasteiger charge is -2.30. The molecule has 0 saturated carbocycles. The van der Waals surface area contributed by atoms with Gasteiger partial charge in [-0.1, -0.05) is 23.9 Å². The molecule has 34 heavy (non-hydrogen) atoms. The Kier molecular flexibility index (Phi) is 6.06. The van der Waals surface area contributed by atoms with Gasteiger partial charge in [0.05, 0.1) is 18.4 Å². The van der Waals surface area contributed by atoms with Gasteiger partial charge in [-0.05, 0) is 49.2 Å². The van der Waals surface area contributed by atoms with Gasteiger partial charge in [0.2, 0.25) is 11.8 Å². The lowest BCUT2D eigenvalue weighted by molar-refractivity contribution is -0.132. The molecular formula is C24H24N6O3S. The van der Waals surface area contributed by atoms with E-state index < -0.39 is 0 Å². The maximum absolute atomic E-state index is 12.8. The number of hydrogen-bond acceptors (Lipinski definition) is 7. The van der Waals surface area contributed by atoms with E-state index in [-0.39, 0.29) is 23.5 Å². The molecule has 2 aromatic heterocycles. The van der Waals surface area contributed by atoms with Crippen molar-refractivity contribution in [1.82, 2.24) is 24.5 Å². The van der Waals surface area contributed by atoms with Crippen LogP contribution in [0.25, 0.3) is 27.9 Å². The molecule has 1 aliphatic heterocycles. The molecule has 0 aliphatic carbocycles. The second kappa shape index (κ2) is 9.30. The van der Waals surface area contributed by atoms with Crippen LogP contribution in [0.3, 0.4) is 0 Å². The van der Waals surface area contributed by atoms with Crippen molar-refractivity contribution in [3.05, 3.63) is 48.5 Å². The number of hydrogen-bond donors (Lipinski definition) is 1. The summed E-state index contributed by atoms with van der Waals surface area (Å²) in [6, 6.07) is 15.3. The van der Waals surface area contributed by atoms with Crippen molar-refractivity contribution in [3.63, 3.8) is 0 Å². The molecule has 2 aromatic carbocycles. The molecule has 2 amide bonds. The number of nitrogens with two attached hydrogens (primary N) is 1. The van der Waals surface area contributed by atoms with E-state index in [2.05, 4.69) is 0 Å². The summed E-state index contributed by atoms with van der Waals surface area (Å²) in [5.74, 6) is 1.12. The van der Waals surface area contributed by atoms with Crippen LogP contribution in [0.1, 0.15) is 12.8 Å². The van der Waals surface area contributed by atoms with Crippen LogP contribution in [-0.4, -0.2) is 62.2 Å². The average Bonchev–Trinajstić information content (AvgIpc) is 3.33. The van der Waals surface area contributed by atoms with Crippen molar-refractivity contribution in [2.45, 2.75) is 18.0 Å². The summed E-state index contributed by atoms with van der Waals surface area (Å²) in [7, 11) is 1.63. The third-order valence-corrected chi connectivity index (χ3v) is 6.99. The van der Waals surface area contributed by atoms with Crippen LogP contribution in [0.5, 0.6) is 5.75 Å². The molecule has 0 radical (unpaired) electrons. The third-order valence-electron chi connectivity index (χ3n) is 6.07. The van der Waals surface area contributed by atoms with E-state index in [1.807, 2.05) is 48.5 Å². The number of piperidine rings is 1. The molecular weight excluding hydrogens is 452 g/mol. The maximum atomic E-state index is 12.8. The predicted octanol–water partition coefficient (Wildman–Crippen LogP) is 2.77. The van der Waals surface area contributed by atoms with Crippen molar-refractivity contribution in [3.8, 4) is 17.1 Å². The Hall–Kier alpha value is -3.66. The van der Waals surface area contributed by atoms with E-state index in [9.17, 15) is 9.59 Å². The first-order chi connectivity index (χ1) is 16.5. The molecule has 0 atom stereocenters. The quantitative estimate of drug-likeness (QED) is 0.336. The zero-order valence-electron chi connectivity index (χ0n) is 18.7. The van der Waals surface area contributed by atoms with E-state index in [1.54, 1.807) is 16.5 Å². The summed E-state index contributed by atoms with van der Waals surface area (Å²) in [6.45, 7) is 1.08. The van der Waals surface area contributed by atoms with E-state index in [4.69, 9.17) is 25.5 Å². The van der Waals surface area contributed by atoms with Crippen LogP contribution < -0.4 is 10.5 Å². The molecule has 1 saturated heterocycles. The molecule has 5 rings (SSSR count). The molecule has 3 heterocycles. The highest BCUT2D eigenvalue weighted by molar-refractivity contribution is 7.99. The molecule has 0 spiro atoms. The standard InChI is InChI=1S/C24H24N6O3S/c1-33-17-8-6-16(7-9-17)22-27-23-18-4-2-3-5-19(18)26-24(30(23)28-22)34-14-20(31)29-12-10-15(11-13-29)21(25)32/h2-9,15H,10-14H2,1H3,(H2,25,32). The van der Waals surface area contributed by atoms with Crippen LogP contribution >= 0.6 is 11.8 Å². The van der Waals surface area contributed by atoms with Gasteiger partial charge >= 0.3 is 0 Å². The first-order valence-electron chi connectivity index (χ1n) is 11.0. The maximum Gasteiger partial charge on any atom is 0.233 e. The lowest BCUT2D eigenvalue weighted by atomic mass is 9.96. The minimum Gasteiger partial charge on any atom is -0.497 e. The van der Waals surface area contributed by atoms with Crippen molar-refractivity contribution in [1.29, 1.82) is 0 Å². The van der Waals surface area contributed by atoms with E-state index in [1.165, 1.54) is 11.8 Å². The second-order valence-corrected chi connectivity index (χ2v) is 9.10. The normalized spacial score (nSPS) is 14.6. The van der Waals surface area contributed by atoms with E-state index in [0.29, 0.717) is 42.6 Å². The molecule has 0 unspecified atom stereocenters. The Balaban J connectivity index is 1.42. The van der Waals surface area contributed by atoms with Gasteiger partial charge in [-0.15, -0.1) is 5.10 Å². The lowest BCUT2D eigenvalue weighted by Crippen LogP contribution is -2.42. The Morgan fingerprint density at radius 2 is 1.82 bits per heavy atom. The number of likely N-dealkylation sites (tertiary alicyclic amines) is 1. The fourth-order valence-electron chi connectivity index (χ4n) is 4.12. The Labute approximate surface area is 200 Å². The van der Waals surface area contributed by atoms with Gasteiger partial charge in [0.1, 0.15) is 5.75 Å². The number of carbonyl (C=O) groups is 2. The molecule has 1 aliphatic rings. The summed E-state index contributed by atoms with van der Waals surface area (Å²) in [4.78, 5) is 35.6. The van der Waals surface area contributed by atoms with Gasteiger partial charge in [0, 0.05) is 30.0 Å². The smallest absolute Gasteiger partial charge is 0.233 e. The minimum absolute atomic E-state index is 0.00604. The summed E-state index contributed by atoms with van der Waals surface area (Å²) in [5.41, 5.74) is 7.74. The Bertz CT molecular complexity index is 1360. The SMILES string of the molecule is COc1ccc(-c2nc3c4ccccc4nc(SCC(=O)N4CCC(C(N)=O)CC4)n3n2)cc1. The molecule has 9 nitrogen and oxygen atoms in total. The van der Waals surface area contributed by atoms with Gasteiger partial charge in [-0.3, -0.25) is 9.59 Å². The highest BCUT2D eigenvalue weighted by Gasteiger charge is 2.26. The van der Waals surface area contributed by atoms with Gasteiger partial charge in [-0.25, -0.2) is 9.97 Å². The number of carbonyl (C=O) groups excluding carboxylic acids is 2. The van der Waals surface area contributed by atoms with Crippen molar-refractivity contribution < 1.29 is 14.3 Å². The highest BCUT2D eigenvalue weighted by atomic mass is 32.2. The number of amides is 2. The first-order valence-corrected chi connectivity index (χ1v) is 12.0. The van der Waals surface area contributed by atoms with Crippen LogP contribution in [0, 0.1) is 5.92 Å². The predicted molar refractivity (Wildman–Crippen MR) is 129 cm³/mol. The number of ether oxygens (including phenoxy) is 1. The highest BCUT2D eigenvalue weighted by Crippen LogP contribution is 2.28. The monoisotopic (exact) mass is 476 g/mol. The van der Waals surface area contributed by atoms with Crippen LogP contribution in [0.4, 0.5) is 0 Å². The number of thioether (sulfide) groups is 1. The first kappa shape index (κ1) is 22.1.